The van der Waals surface area contributed by atoms with Gasteiger partial charge < -0.3 is 30.3 Å². The lowest BCUT2D eigenvalue weighted by atomic mass is 10.1. The number of rotatable bonds is 8. The maximum absolute atomic E-state index is 13.6. The number of nitrogens with zero attached hydrogens (tertiary/aromatic N) is 4. The van der Waals surface area contributed by atoms with E-state index < -0.39 is 55.4 Å². The monoisotopic (exact) mass is 600 g/mol. The number of ether oxygens (including phenoxy) is 1. The van der Waals surface area contributed by atoms with Gasteiger partial charge in [-0.3, -0.25) is 14.6 Å². The van der Waals surface area contributed by atoms with E-state index in [1.54, 1.807) is 24.3 Å². The molecule has 16 heteroatoms. The fourth-order valence-corrected chi connectivity index (χ4v) is 4.37. The zero-order valence-corrected chi connectivity index (χ0v) is 22.3. The number of hydrogen-bond donors (Lipinski definition) is 3. The third-order valence-corrected chi connectivity index (χ3v) is 6.44. The van der Waals surface area contributed by atoms with E-state index in [2.05, 4.69) is 20.5 Å². The summed E-state index contributed by atoms with van der Waals surface area (Å²) in [5.41, 5.74) is 0.874. The molecule has 0 radical (unpaired) electrons. The number of carboxylic acid groups (broad SMARTS) is 1. The summed E-state index contributed by atoms with van der Waals surface area (Å²) in [7, 11) is 0. The minimum Gasteiger partial charge on any atom is -0.494 e. The van der Waals surface area contributed by atoms with Crippen LogP contribution in [0.25, 0.3) is 10.9 Å². The molecule has 3 N–H and O–H groups in total. The first kappa shape index (κ1) is 32.4. The number of carbonyl (C=O) groups is 3. The van der Waals surface area contributed by atoms with Gasteiger partial charge in [0.05, 0.1) is 36.8 Å². The number of nitrogens with one attached hydrogen (secondary N) is 2. The molecule has 0 aliphatic carbocycles. The fourth-order valence-electron chi connectivity index (χ4n) is 4.37. The average molecular weight is 601 g/mol. The van der Waals surface area contributed by atoms with Gasteiger partial charge in [0, 0.05) is 50.7 Å². The third-order valence-electron chi connectivity index (χ3n) is 6.44. The topological polar surface area (TPSA) is 148 Å². The summed E-state index contributed by atoms with van der Waals surface area (Å²) >= 11 is 0. The van der Waals surface area contributed by atoms with Crippen LogP contribution in [-0.4, -0.2) is 108 Å². The number of benzene rings is 1. The van der Waals surface area contributed by atoms with Crippen LogP contribution in [0, 0.1) is 11.3 Å². The lowest BCUT2D eigenvalue weighted by molar-refractivity contribution is -0.192. The second-order valence-electron chi connectivity index (χ2n) is 9.54. The highest BCUT2D eigenvalue weighted by Crippen LogP contribution is 2.31. The Balaban J connectivity index is 0.000000616. The molecule has 228 valence electrons. The highest BCUT2D eigenvalue weighted by Gasteiger charge is 2.47. The van der Waals surface area contributed by atoms with E-state index in [1.807, 2.05) is 0 Å². The van der Waals surface area contributed by atoms with Crippen molar-refractivity contribution < 1.29 is 46.2 Å². The molecule has 1 aromatic heterocycles. The largest absolute Gasteiger partial charge is 0.494 e. The number of aromatic nitrogens is 1. The second-order valence-corrected chi connectivity index (χ2v) is 9.54. The van der Waals surface area contributed by atoms with Crippen molar-refractivity contribution in [2.45, 2.75) is 31.0 Å². The van der Waals surface area contributed by atoms with Crippen molar-refractivity contribution in [3.63, 3.8) is 0 Å². The Morgan fingerprint density at radius 2 is 1.90 bits per heavy atom. The Labute approximate surface area is 237 Å². The predicted octanol–water partition coefficient (Wildman–Crippen LogP) is 2.03. The van der Waals surface area contributed by atoms with E-state index in [0.717, 1.165) is 44.0 Å². The SMILES string of the molecule is N#C[C@@H]1CC(F)(F)CN1C(=O)CNC(=O)c1ccnc2ccc(OCCCN3CCNCC3)cc12.O=C(O)C(F)(F)F. The normalized spacial score (nSPS) is 18.5. The van der Waals surface area contributed by atoms with Crippen molar-refractivity contribution >= 4 is 28.7 Å². The molecule has 2 aromatic rings. The lowest BCUT2D eigenvalue weighted by Crippen LogP contribution is -2.43. The molecule has 2 aliphatic rings. The van der Waals surface area contributed by atoms with Crippen LogP contribution in [0.5, 0.6) is 5.75 Å². The summed E-state index contributed by atoms with van der Waals surface area (Å²) in [6, 6.07) is 7.33. The Kier molecular flexibility index (Phi) is 10.9. The van der Waals surface area contributed by atoms with E-state index in [1.165, 1.54) is 12.3 Å². The predicted molar refractivity (Wildman–Crippen MR) is 138 cm³/mol. The number of fused-ring (bicyclic) bond motifs is 1. The summed E-state index contributed by atoms with van der Waals surface area (Å²) in [6.45, 7) is 4.23. The molecule has 0 spiro atoms. The number of pyridine rings is 1. The number of piperazine rings is 1. The zero-order chi connectivity index (χ0) is 30.9. The van der Waals surface area contributed by atoms with Gasteiger partial charge in [-0.2, -0.15) is 18.4 Å². The molecule has 2 amide bonds. The number of carboxylic acids is 1. The maximum Gasteiger partial charge on any atom is 0.490 e. The molecule has 42 heavy (non-hydrogen) atoms. The van der Waals surface area contributed by atoms with Gasteiger partial charge in [-0.15, -0.1) is 0 Å². The molecule has 2 fully saturated rings. The fraction of sp³-hybridized carbons (Fsp3) is 0.500. The van der Waals surface area contributed by atoms with Gasteiger partial charge >= 0.3 is 12.1 Å². The van der Waals surface area contributed by atoms with Crippen LogP contribution < -0.4 is 15.4 Å². The Bertz CT molecular complexity index is 1310. The number of hydrogen-bond acceptors (Lipinski definition) is 8. The smallest absolute Gasteiger partial charge is 0.490 e. The highest BCUT2D eigenvalue weighted by atomic mass is 19.4. The lowest BCUT2D eigenvalue weighted by Gasteiger charge is -2.26. The van der Waals surface area contributed by atoms with Crippen molar-refractivity contribution in [1.29, 1.82) is 5.26 Å². The van der Waals surface area contributed by atoms with Crippen LogP contribution >= 0.6 is 0 Å². The summed E-state index contributed by atoms with van der Waals surface area (Å²) in [4.78, 5) is 41.6. The number of aliphatic carboxylic acids is 1. The molecule has 1 atom stereocenters. The van der Waals surface area contributed by atoms with E-state index in [0.29, 0.717) is 23.3 Å². The standard InChI is InChI=1S/C24H28F2N6O3.C2HF3O2/c25-24(26)13-17(14-27)32(16-24)22(33)15-30-23(34)19-4-5-29-21-3-2-18(12-20(19)21)35-11-1-8-31-9-6-28-7-10-31;3-2(4,5)1(6)7/h2-5,12,17,28H,1,6-11,13,15-16H2,(H,30,34);(H,6,7)/t17-;/m0./s1. The van der Waals surface area contributed by atoms with Gasteiger partial charge in [0.1, 0.15) is 11.8 Å². The van der Waals surface area contributed by atoms with Crippen molar-refractivity contribution in [2.75, 3.05) is 52.4 Å². The summed E-state index contributed by atoms with van der Waals surface area (Å²) in [5, 5.41) is 22.6. The number of alkyl halides is 5. The van der Waals surface area contributed by atoms with E-state index in [-0.39, 0.29) is 5.56 Å². The van der Waals surface area contributed by atoms with Gasteiger partial charge in [-0.25, -0.2) is 13.6 Å². The van der Waals surface area contributed by atoms with Crippen LogP contribution in [0.4, 0.5) is 22.0 Å². The average Bonchev–Trinajstić information content (AvgIpc) is 3.28. The summed E-state index contributed by atoms with van der Waals surface area (Å²) in [5.74, 6) is -6.53. The van der Waals surface area contributed by atoms with Gasteiger partial charge in [0.25, 0.3) is 11.8 Å². The van der Waals surface area contributed by atoms with Gasteiger partial charge in [-0.1, -0.05) is 0 Å². The third kappa shape index (κ3) is 9.21. The molecule has 0 saturated carbocycles. The summed E-state index contributed by atoms with van der Waals surface area (Å²) in [6.07, 6.45) is -3.42. The van der Waals surface area contributed by atoms with E-state index >= 15 is 0 Å². The molecule has 2 saturated heterocycles. The van der Waals surface area contributed by atoms with Crippen molar-refractivity contribution in [2.24, 2.45) is 0 Å². The minimum atomic E-state index is -5.08. The second kappa shape index (κ2) is 14.2. The number of likely N-dealkylation sites (tertiary alicyclic amines) is 1. The minimum absolute atomic E-state index is 0.289. The molecule has 11 nitrogen and oxygen atoms in total. The van der Waals surface area contributed by atoms with Crippen molar-refractivity contribution in [1.82, 2.24) is 25.4 Å². The molecular formula is C26H29F5N6O5. The number of carbonyl (C=O) groups excluding carboxylic acids is 2. The number of nitriles is 1. The van der Waals surface area contributed by atoms with Crippen molar-refractivity contribution in [3.8, 4) is 11.8 Å². The Hall–Kier alpha value is -4.10. The van der Waals surface area contributed by atoms with Crippen LogP contribution in [0.2, 0.25) is 0 Å². The van der Waals surface area contributed by atoms with Gasteiger partial charge in [-0.05, 0) is 30.7 Å². The molecule has 1 aromatic carbocycles. The molecule has 3 heterocycles. The Morgan fingerprint density at radius 3 is 2.55 bits per heavy atom. The highest BCUT2D eigenvalue weighted by molar-refractivity contribution is 6.07. The number of amides is 2. The van der Waals surface area contributed by atoms with Crippen LogP contribution in [0.15, 0.2) is 30.5 Å². The van der Waals surface area contributed by atoms with Crippen molar-refractivity contribution in [3.05, 3.63) is 36.0 Å². The molecular weight excluding hydrogens is 571 g/mol. The maximum atomic E-state index is 13.6. The first-order chi connectivity index (χ1) is 19.8. The molecule has 4 rings (SSSR count). The van der Waals surface area contributed by atoms with Gasteiger partial charge in [0.2, 0.25) is 5.91 Å². The van der Waals surface area contributed by atoms with Crippen LogP contribution in [-0.2, 0) is 9.59 Å². The van der Waals surface area contributed by atoms with Crippen LogP contribution in [0.3, 0.4) is 0 Å². The Morgan fingerprint density at radius 1 is 1.21 bits per heavy atom. The van der Waals surface area contributed by atoms with Crippen LogP contribution in [0.1, 0.15) is 23.2 Å². The zero-order valence-electron chi connectivity index (χ0n) is 22.3. The van der Waals surface area contributed by atoms with E-state index in [4.69, 9.17) is 19.9 Å². The number of halogens is 5. The first-order valence-corrected chi connectivity index (χ1v) is 12.9. The quantitative estimate of drug-likeness (QED) is 0.306. The molecule has 0 bridgehead atoms. The summed E-state index contributed by atoms with van der Waals surface area (Å²) < 4.78 is 64.9. The van der Waals surface area contributed by atoms with Gasteiger partial charge in [0.15, 0.2) is 0 Å². The molecule has 0 unspecified atom stereocenters. The molecule has 2 aliphatic heterocycles. The van der Waals surface area contributed by atoms with E-state index in [9.17, 15) is 31.5 Å². The first-order valence-electron chi connectivity index (χ1n) is 12.9.